The van der Waals surface area contributed by atoms with Crippen LogP contribution in [0.1, 0.15) is 17.2 Å². The van der Waals surface area contributed by atoms with Crippen molar-refractivity contribution in [2.45, 2.75) is 13.0 Å². The molecule has 2 N–H and O–H groups in total. The Morgan fingerprint density at radius 3 is 2.73 bits per heavy atom. The summed E-state index contributed by atoms with van der Waals surface area (Å²) in [4.78, 5) is 0. The van der Waals surface area contributed by atoms with Crippen molar-refractivity contribution in [3.8, 4) is 0 Å². The molecule has 2 nitrogen and oxygen atoms in total. The first-order valence-corrected chi connectivity index (χ1v) is 5.35. The van der Waals surface area contributed by atoms with E-state index >= 15 is 0 Å². The second-order valence-electron chi connectivity index (χ2n) is 3.71. The number of aryl methyl sites for hydroxylation is 1. The molecule has 0 bridgehead atoms. The van der Waals surface area contributed by atoms with Gasteiger partial charge in [0.05, 0.1) is 0 Å². The highest BCUT2D eigenvalue weighted by molar-refractivity contribution is 6.30. The van der Waals surface area contributed by atoms with Gasteiger partial charge >= 0.3 is 0 Å². The second kappa shape index (κ2) is 5.71. The number of halogens is 2. The molecule has 1 aliphatic rings. The molecular formula is C11H16Cl2N2. The first-order valence-electron chi connectivity index (χ1n) is 4.97. The van der Waals surface area contributed by atoms with E-state index in [-0.39, 0.29) is 12.4 Å². The highest BCUT2D eigenvalue weighted by Gasteiger charge is 2.15. The van der Waals surface area contributed by atoms with Crippen molar-refractivity contribution in [3.05, 3.63) is 34.3 Å². The molecule has 84 valence electrons. The van der Waals surface area contributed by atoms with Crippen LogP contribution in [0.4, 0.5) is 0 Å². The lowest BCUT2D eigenvalue weighted by Crippen LogP contribution is -2.42. The maximum Gasteiger partial charge on any atom is 0.0449 e. The second-order valence-corrected chi connectivity index (χ2v) is 4.15. The maximum atomic E-state index is 5.92. The Kier molecular flexibility index (Phi) is 4.87. The van der Waals surface area contributed by atoms with Gasteiger partial charge < -0.3 is 10.6 Å². The molecule has 1 heterocycles. The van der Waals surface area contributed by atoms with Crippen LogP contribution in [-0.4, -0.2) is 19.6 Å². The van der Waals surface area contributed by atoms with Crippen molar-refractivity contribution in [3.63, 3.8) is 0 Å². The minimum absolute atomic E-state index is 0. The zero-order chi connectivity index (χ0) is 9.97. The first-order chi connectivity index (χ1) is 6.77. The summed E-state index contributed by atoms with van der Waals surface area (Å²) in [5.74, 6) is 0. The normalized spacial score (nSPS) is 20.8. The fourth-order valence-electron chi connectivity index (χ4n) is 1.90. The van der Waals surface area contributed by atoms with Gasteiger partial charge in [0, 0.05) is 30.7 Å². The van der Waals surface area contributed by atoms with E-state index in [1.807, 2.05) is 12.1 Å². The Balaban J connectivity index is 0.00000112. The minimum atomic E-state index is 0. The molecule has 15 heavy (non-hydrogen) atoms. The maximum absolute atomic E-state index is 5.92. The van der Waals surface area contributed by atoms with Crippen molar-refractivity contribution in [2.75, 3.05) is 19.6 Å². The van der Waals surface area contributed by atoms with Crippen LogP contribution in [0.15, 0.2) is 18.2 Å². The van der Waals surface area contributed by atoms with Crippen molar-refractivity contribution in [1.29, 1.82) is 0 Å². The summed E-state index contributed by atoms with van der Waals surface area (Å²) in [5, 5.41) is 7.68. The van der Waals surface area contributed by atoms with Crippen LogP contribution in [0.25, 0.3) is 0 Å². The van der Waals surface area contributed by atoms with Gasteiger partial charge in [-0.05, 0) is 30.2 Å². The molecule has 1 aromatic rings. The van der Waals surface area contributed by atoms with Crippen molar-refractivity contribution in [2.24, 2.45) is 0 Å². The molecule has 0 aromatic heterocycles. The third-order valence-electron chi connectivity index (χ3n) is 2.65. The fraction of sp³-hybridized carbons (Fsp3) is 0.455. The molecule has 2 rings (SSSR count). The number of hydrogen-bond donors (Lipinski definition) is 2. The molecular weight excluding hydrogens is 231 g/mol. The zero-order valence-electron chi connectivity index (χ0n) is 8.72. The van der Waals surface area contributed by atoms with Crippen molar-refractivity contribution in [1.82, 2.24) is 10.6 Å². The predicted molar refractivity (Wildman–Crippen MR) is 67.1 cm³/mol. The lowest BCUT2D eigenvalue weighted by Gasteiger charge is -2.26. The Labute approximate surface area is 102 Å². The summed E-state index contributed by atoms with van der Waals surface area (Å²) in [6.07, 6.45) is 0. The number of benzene rings is 1. The van der Waals surface area contributed by atoms with Crippen LogP contribution in [0.3, 0.4) is 0 Å². The van der Waals surface area contributed by atoms with Crippen LogP contribution < -0.4 is 10.6 Å². The van der Waals surface area contributed by atoms with Gasteiger partial charge in [-0.1, -0.05) is 17.7 Å². The summed E-state index contributed by atoms with van der Waals surface area (Å²) in [6, 6.07) is 6.52. The molecule has 0 radical (unpaired) electrons. The van der Waals surface area contributed by atoms with Gasteiger partial charge in [0.15, 0.2) is 0 Å². The summed E-state index contributed by atoms with van der Waals surface area (Å²) < 4.78 is 0. The largest absolute Gasteiger partial charge is 0.314 e. The van der Waals surface area contributed by atoms with E-state index in [4.69, 9.17) is 11.6 Å². The summed E-state index contributed by atoms with van der Waals surface area (Å²) >= 11 is 5.92. The molecule has 0 spiro atoms. The van der Waals surface area contributed by atoms with E-state index in [2.05, 4.69) is 23.6 Å². The molecule has 1 aromatic carbocycles. The van der Waals surface area contributed by atoms with E-state index in [9.17, 15) is 0 Å². The smallest absolute Gasteiger partial charge is 0.0449 e. The lowest BCUT2D eigenvalue weighted by atomic mass is 10.0. The lowest BCUT2D eigenvalue weighted by molar-refractivity contribution is 0.429. The van der Waals surface area contributed by atoms with E-state index in [1.165, 1.54) is 11.1 Å². The van der Waals surface area contributed by atoms with Crippen LogP contribution in [0.2, 0.25) is 5.02 Å². The van der Waals surface area contributed by atoms with E-state index < -0.39 is 0 Å². The van der Waals surface area contributed by atoms with E-state index in [0.29, 0.717) is 6.04 Å². The van der Waals surface area contributed by atoms with Gasteiger partial charge in [-0.25, -0.2) is 0 Å². The average molecular weight is 247 g/mol. The summed E-state index contributed by atoms with van der Waals surface area (Å²) in [7, 11) is 0. The summed E-state index contributed by atoms with van der Waals surface area (Å²) in [6.45, 7) is 5.20. The highest BCUT2D eigenvalue weighted by atomic mass is 35.5. The third kappa shape index (κ3) is 3.08. The first kappa shape index (κ1) is 12.8. The Morgan fingerprint density at radius 1 is 1.33 bits per heavy atom. The number of nitrogens with one attached hydrogen (secondary N) is 2. The van der Waals surface area contributed by atoms with E-state index in [1.54, 1.807) is 0 Å². The molecule has 0 saturated carbocycles. The topological polar surface area (TPSA) is 24.1 Å². The van der Waals surface area contributed by atoms with Gasteiger partial charge in [-0.2, -0.15) is 0 Å². The number of piperazine rings is 1. The Hall–Kier alpha value is -0.280. The predicted octanol–water partition coefficient (Wildman–Crippen LogP) is 2.30. The molecule has 1 saturated heterocycles. The van der Waals surface area contributed by atoms with Crippen LogP contribution in [-0.2, 0) is 0 Å². The third-order valence-corrected chi connectivity index (χ3v) is 2.88. The molecule has 0 aliphatic carbocycles. The van der Waals surface area contributed by atoms with Crippen LogP contribution >= 0.6 is 24.0 Å². The molecule has 1 atom stereocenters. The molecule has 1 fully saturated rings. The number of hydrogen-bond acceptors (Lipinski definition) is 2. The monoisotopic (exact) mass is 246 g/mol. The fourth-order valence-corrected chi connectivity index (χ4v) is 2.13. The number of rotatable bonds is 1. The Bertz CT molecular complexity index is 322. The SMILES string of the molecule is Cc1cc(Cl)ccc1[C@@H]1CNCCN1.Cl. The molecule has 0 unspecified atom stereocenters. The van der Waals surface area contributed by atoms with Crippen LogP contribution in [0.5, 0.6) is 0 Å². The van der Waals surface area contributed by atoms with Crippen LogP contribution in [0, 0.1) is 6.92 Å². The molecule has 0 amide bonds. The Morgan fingerprint density at radius 2 is 2.13 bits per heavy atom. The van der Waals surface area contributed by atoms with Gasteiger partial charge in [-0.3, -0.25) is 0 Å². The highest BCUT2D eigenvalue weighted by Crippen LogP contribution is 2.21. The molecule has 4 heteroatoms. The zero-order valence-corrected chi connectivity index (χ0v) is 10.3. The summed E-state index contributed by atoms with van der Waals surface area (Å²) in [5.41, 5.74) is 2.61. The molecule has 1 aliphatic heterocycles. The van der Waals surface area contributed by atoms with Gasteiger partial charge in [0.1, 0.15) is 0 Å². The standard InChI is InChI=1S/C11H15ClN2.ClH/c1-8-6-9(12)2-3-10(8)11-7-13-4-5-14-11;/h2-3,6,11,13-14H,4-5,7H2,1H3;1H/t11-;/m0./s1. The van der Waals surface area contributed by atoms with Gasteiger partial charge in [0.25, 0.3) is 0 Å². The average Bonchev–Trinajstić information content (AvgIpc) is 2.19. The van der Waals surface area contributed by atoms with Crippen molar-refractivity contribution >= 4 is 24.0 Å². The minimum Gasteiger partial charge on any atom is -0.314 e. The quantitative estimate of drug-likeness (QED) is 0.795. The van der Waals surface area contributed by atoms with Gasteiger partial charge in [-0.15, -0.1) is 12.4 Å². The van der Waals surface area contributed by atoms with Gasteiger partial charge in [0.2, 0.25) is 0 Å². The van der Waals surface area contributed by atoms with Crippen molar-refractivity contribution < 1.29 is 0 Å². The van der Waals surface area contributed by atoms with E-state index in [0.717, 1.165) is 24.7 Å².